The Morgan fingerprint density at radius 1 is 1.50 bits per heavy atom. The minimum absolute atomic E-state index is 0.118. The van der Waals surface area contributed by atoms with Crippen molar-refractivity contribution in [3.05, 3.63) is 47.5 Å². The van der Waals surface area contributed by atoms with Gasteiger partial charge in [-0.1, -0.05) is 0 Å². The van der Waals surface area contributed by atoms with E-state index in [1.54, 1.807) is 17.9 Å². The van der Waals surface area contributed by atoms with Crippen molar-refractivity contribution in [1.29, 1.82) is 0 Å². The summed E-state index contributed by atoms with van der Waals surface area (Å²) in [6, 6.07) is 3.54. The molecule has 128 valence electrons. The Morgan fingerprint density at radius 3 is 2.83 bits per heavy atom. The van der Waals surface area contributed by atoms with E-state index in [4.69, 9.17) is 4.74 Å². The second kappa shape index (κ2) is 6.60. The number of methoxy groups -OCH3 is 1. The molecule has 1 atom stereocenters. The Kier molecular flexibility index (Phi) is 4.53. The molecule has 0 aliphatic heterocycles. The monoisotopic (exact) mass is 333 g/mol. The second-order valence-electron chi connectivity index (χ2n) is 6.13. The zero-order valence-corrected chi connectivity index (χ0v) is 13.6. The largest absolute Gasteiger partial charge is 0.496 e. The lowest BCUT2D eigenvalue weighted by Gasteiger charge is -2.37. The number of hydrogen-bond acceptors (Lipinski definition) is 4. The van der Waals surface area contributed by atoms with E-state index in [1.165, 1.54) is 19.2 Å². The molecular weight excluding hydrogens is 313 g/mol. The summed E-state index contributed by atoms with van der Waals surface area (Å²) in [4.78, 5) is 12.6. The van der Waals surface area contributed by atoms with Crippen LogP contribution in [0.25, 0.3) is 0 Å². The van der Waals surface area contributed by atoms with Crippen LogP contribution in [0.1, 0.15) is 34.8 Å². The number of aryl methyl sites for hydroxylation is 1. The van der Waals surface area contributed by atoms with Gasteiger partial charge in [-0.05, 0) is 37.0 Å². The Morgan fingerprint density at radius 2 is 2.25 bits per heavy atom. The molecule has 1 saturated carbocycles. The highest BCUT2D eigenvalue weighted by Gasteiger charge is 2.36. The van der Waals surface area contributed by atoms with Gasteiger partial charge in [0.15, 0.2) is 0 Å². The van der Waals surface area contributed by atoms with Crippen LogP contribution in [-0.2, 0) is 7.05 Å². The maximum atomic E-state index is 13.5. The predicted octanol–water partition coefficient (Wildman–Crippen LogP) is 1.81. The molecule has 3 rings (SSSR count). The number of hydrogen-bond donors (Lipinski definition) is 2. The van der Waals surface area contributed by atoms with E-state index < -0.39 is 11.7 Å². The maximum Gasteiger partial charge on any atom is 0.255 e. The van der Waals surface area contributed by atoms with E-state index in [-0.39, 0.29) is 23.6 Å². The second-order valence-corrected chi connectivity index (χ2v) is 6.13. The molecule has 6 nitrogen and oxygen atoms in total. The molecule has 0 spiro atoms. The van der Waals surface area contributed by atoms with Crippen molar-refractivity contribution in [2.75, 3.05) is 7.11 Å². The normalized spacial score (nSPS) is 21.0. The number of carbonyl (C=O) groups excluding carboxylic acids is 1. The van der Waals surface area contributed by atoms with Crippen molar-refractivity contribution < 1.29 is 19.0 Å². The first-order valence-electron chi connectivity index (χ1n) is 7.79. The van der Waals surface area contributed by atoms with Crippen LogP contribution in [-0.4, -0.2) is 34.0 Å². The van der Waals surface area contributed by atoms with Crippen molar-refractivity contribution in [2.45, 2.75) is 25.0 Å². The number of rotatable bonds is 5. The fourth-order valence-corrected chi connectivity index (χ4v) is 3.05. The number of halogens is 1. The van der Waals surface area contributed by atoms with Gasteiger partial charge in [-0.3, -0.25) is 9.48 Å². The van der Waals surface area contributed by atoms with Crippen molar-refractivity contribution in [3.8, 4) is 5.75 Å². The molecule has 1 heterocycles. The lowest BCUT2D eigenvalue weighted by molar-refractivity contribution is 0.0235. The van der Waals surface area contributed by atoms with E-state index in [0.717, 1.165) is 11.6 Å². The first-order valence-corrected chi connectivity index (χ1v) is 7.79. The lowest BCUT2D eigenvalue weighted by atomic mass is 9.75. The van der Waals surface area contributed by atoms with Crippen LogP contribution in [0.5, 0.6) is 5.75 Å². The molecule has 2 N–H and O–H groups in total. The van der Waals surface area contributed by atoms with Gasteiger partial charge in [0.2, 0.25) is 0 Å². The van der Waals surface area contributed by atoms with E-state index in [2.05, 4.69) is 10.4 Å². The van der Waals surface area contributed by atoms with Crippen molar-refractivity contribution in [2.24, 2.45) is 13.0 Å². The molecule has 1 aliphatic carbocycles. The summed E-state index contributed by atoms with van der Waals surface area (Å²) in [5.41, 5.74) is 1.00. The third kappa shape index (κ3) is 3.26. The fraction of sp³-hybridized carbons (Fsp3) is 0.412. The van der Waals surface area contributed by atoms with Gasteiger partial charge in [0.05, 0.1) is 31.0 Å². The quantitative estimate of drug-likeness (QED) is 0.875. The summed E-state index contributed by atoms with van der Waals surface area (Å²) in [6.45, 7) is 0. The standard InChI is InChI=1S/C17H20FN3O3/c1-21-9-11(8-19-21)16(10-5-13(22)6-10)20-17(23)14-7-12(18)3-4-15(14)24-2/h3-4,7-10,13,16,22H,5-6H2,1-2H3,(H,20,23). The number of aliphatic hydroxyl groups excluding tert-OH is 1. The van der Waals surface area contributed by atoms with Crippen LogP contribution in [0.3, 0.4) is 0 Å². The van der Waals surface area contributed by atoms with Crippen LogP contribution in [0.15, 0.2) is 30.6 Å². The third-order valence-electron chi connectivity index (χ3n) is 4.40. The first kappa shape index (κ1) is 16.4. The van der Waals surface area contributed by atoms with Crippen LogP contribution >= 0.6 is 0 Å². The van der Waals surface area contributed by atoms with Gasteiger partial charge in [0.1, 0.15) is 11.6 Å². The first-order chi connectivity index (χ1) is 11.5. The highest BCUT2D eigenvalue weighted by Crippen LogP contribution is 2.38. The fourth-order valence-electron chi connectivity index (χ4n) is 3.05. The number of aromatic nitrogens is 2. The Balaban J connectivity index is 1.85. The lowest BCUT2D eigenvalue weighted by Crippen LogP contribution is -2.41. The Bertz CT molecular complexity index is 740. The molecule has 0 radical (unpaired) electrons. The van der Waals surface area contributed by atoms with Gasteiger partial charge in [0.25, 0.3) is 5.91 Å². The number of nitrogens with zero attached hydrogens (tertiary/aromatic N) is 2. The van der Waals surface area contributed by atoms with Gasteiger partial charge in [-0.25, -0.2) is 4.39 Å². The molecule has 0 bridgehead atoms. The zero-order valence-electron chi connectivity index (χ0n) is 13.6. The summed E-state index contributed by atoms with van der Waals surface area (Å²) in [5.74, 6) is -0.486. The maximum absolute atomic E-state index is 13.5. The van der Waals surface area contributed by atoms with Gasteiger partial charge in [0, 0.05) is 18.8 Å². The Hall–Kier alpha value is -2.41. The average Bonchev–Trinajstić information content (AvgIpc) is 2.96. The number of ether oxygens (including phenoxy) is 1. The van der Waals surface area contributed by atoms with Crippen LogP contribution in [0.4, 0.5) is 4.39 Å². The zero-order chi connectivity index (χ0) is 17.3. The van der Waals surface area contributed by atoms with Gasteiger partial charge in [-0.2, -0.15) is 5.10 Å². The Labute approximate surface area is 139 Å². The number of carbonyl (C=O) groups is 1. The summed E-state index contributed by atoms with van der Waals surface area (Å²) in [5, 5.41) is 16.7. The highest BCUT2D eigenvalue weighted by molar-refractivity contribution is 5.97. The van der Waals surface area contributed by atoms with Crippen LogP contribution < -0.4 is 10.1 Å². The molecule has 1 aromatic carbocycles. The smallest absolute Gasteiger partial charge is 0.255 e. The van der Waals surface area contributed by atoms with Crippen LogP contribution in [0.2, 0.25) is 0 Å². The molecule has 1 unspecified atom stereocenters. The molecule has 1 amide bonds. The van der Waals surface area contributed by atoms with E-state index in [1.807, 2.05) is 6.20 Å². The van der Waals surface area contributed by atoms with Gasteiger partial charge >= 0.3 is 0 Å². The minimum atomic E-state index is -0.502. The highest BCUT2D eigenvalue weighted by atomic mass is 19.1. The summed E-state index contributed by atoms with van der Waals surface area (Å²) >= 11 is 0. The van der Waals surface area contributed by atoms with Gasteiger partial charge < -0.3 is 15.2 Å². The molecule has 1 aliphatic rings. The molecule has 1 fully saturated rings. The average molecular weight is 333 g/mol. The number of benzene rings is 1. The molecular formula is C17H20FN3O3. The van der Waals surface area contributed by atoms with Crippen molar-refractivity contribution in [3.63, 3.8) is 0 Å². The minimum Gasteiger partial charge on any atom is -0.496 e. The number of aliphatic hydroxyl groups is 1. The molecule has 2 aromatic rings. The number of nitrogens with one attached hydrogen (secondary N) is 1. The predicted molar refractivity (Wildman–Crippen MR) is 85.1 cm³/mol. The summed E-state index contributed by atoms with van der Waals surface area (Å²) < 4.78 is 20.3. The molecule has 7 heteroatoms. The summed E-state index contributed by atoms with van der Waals surface area (Å²) in [7, 11) is 3.23. The molecule has 24 heavy (non-hydrogen) atoms. The number of amides is 1. The van der Waals surface area contributed by atoms with E-state index in [0.29, 0.717) is 18.6 Å². The SMILES string of the molecule is COc1ccc(F)cc1C(=O)NC(c1cnn(C)c1)C1CC(O)C1. The molecule has 1 aromatic heterocycles. The van der Waals surface area contributed by atoms with E-state index >= 15 is 0 Å². The third-order valence-corrected chi connectivity index (χ3v) is 4.40. The van der Waals surface area contributed by atoms with E-state index in [9.17, 15) is 14.3 Å². The van der Waals surface area contributed by atoms with Crippen molar-refractivity contribution in [1.82, 2.24) is 15.1 Å². The molecule has 0 saturated heterocycles. The topological polar surface area (TPSA) is 76.4 Å². The summed E-state index contributed by atoms with van der Waals surface area (Å²) in [6.07, 6.45) is 4.41. The van der Waals surface area contributed by atoms with Crippen molar-refractivity contribution >= 4 is 5.91 Å². The van der Waals surface area contributed by atoms with Gasteiger partial charge in [-0.15, -0.1) is 0 Å². The van der Waals surface area contributed by atoms with Crippen LogP contribution in [0, 0.1) is 11.7 Å².